The van der Waals surface area contributed by atoms with Crippen molar-refractivity contribution in [2.45, 2.75) is 142 Å². The average Bonchev–Trinajstić information content (AvgIpc) is 0.956. The number of imide groups is 2. The Kier molecular flexibility index (Phi) is 21.6. The lowest BCUT2D eigenvalue weighted by Gasteiger charge is -2.50. The van der Waals surface area contributed by atoms with Crippen LogP contribution in [0, 0.1) is 10.8 Å². The summed E-state index contributed by atoms with van der Waals surface area (Å²) in [5.74, 6) is -2.99. The van der Waals surface area contributed by atoms with Gasteiger partial charge in [-0.15, -0.1) is 11.8 Å². The summed E-state index contributed by atoms with van der Waals surface area (Å²) < 4.78 is 127. The number of nitrogens with one attached hydrogen (secondary N) is 4. The molecule has 498 valence electrons. The number of hydrogen-bond donors (Lipinski definition) is 4. The molecule has 1 saturated carbocycles. The van der Waals surface area contributed by atoms with Gasteiger partial charge < -0.3 is 25.3 Å². The summed E-state index contributed by atoms with van der Waals surface area (Å²) in [5, 5.41) is 8.56. The Balaban J connectivity index is 0.710. The monoisotopic (exact) mass is 1340 g/mol. The zero-order valence-corrected chi connectivity index (χ0v) is 54.5. The minimum Gasteiger partial charge on any atom is -0.385 e. The number of piperidine rings is 1. The van der Waals surface area contributed by atoms with Gasteiger partial charge in [0.1, 0.15) is 10.9 Å². The normalized spacial score (nSPS) is 20.5. The zero-order valence-electron chi connectivity index (χ0n) is 52.0. The summed E-state index contributed by atoms with van der Waals surface area (Å²) in [7, 11) is -11.1. The second-order valence-corrected chi connectivity index (χ2v) is 30.7. The molecule has 2 aliphatic carbocycles. The molecule has 0 aromatic heterocycles. The molecule has 18 nitrogen and oxygen atoms in total. The number of hydrogen-bond acceptors (Lipinski definition) is 16. The van der Waals surface area contributed by atoms with Gasteiger partial charge in [-0.2, -0.15) is 13.2 Å². The first kappa shape index (κ1) is 68.4. The maximum Gasteiger partial charge on any atom is 0.501 e. The molecule has 26 heteroatoms. The first-order valence-electron chi connectivity index (χ1n) is 31.9. The third-order valence-corrected chi connectivity index (χ3v) is 23.1. The van der Waals surface area contributed by atoms with Crippen LogP contribution in [0.3, 0.4) is 0 Å². The number of carbonyl (C=O) groups excluding carboxylic acids is 5. The van der Waals surface area contributed by atoms with Gasteiger partial charge in [-0.1, -0.05) is 56.0 Å². The van der Waals surface area contributed by atoms with E-state index in [4.69, 9.17) is 0 Å². The first-order chi connectivity index (χ1) is 43.8. The molecule has 4 heterocycles. The first-order valence-corrected chi connectivity index (χ1v) is 35.8. The molecular formula is C66H82F5N9O9S3. The van der Waals surface area contributed by atoms with E-state index in [2.05, 4.69) is 49.4 Å². The van der Waals surface area contributed by atoms with E-state index in [1.807, 2.05) is 35.1 Å². The highest BCUT2D eigenvalue weighted by molar-refractivity contribution is 7.99. The fourth-order valence-electron chi connectivity index (χ4n) is 13.6. The summed E-state index contributed by atoms with van der Waals surface area (Å²) in [6.45, 7) is 13.2. The number of thioether (sulfide) groups is 1. The lowest BCUT2D eigenvalue weighted by Crippen LogP contribution is -2.54. The molecule has 4 aliphatic heterocycles. The molecule has 2 atom stereocenters. The van der Waals surface area contributed by atoms with Gasteiger partial charge in [0, 0.05) is 118 Å². The van der Waals surface area contributed by atoms with Crippen LogP contribution in [0.25, 0.3) is 0 Å². The molecule has 4 aromatic carbocycles. The Labute approximate surface area is 539 Å². The molecule has 4 aromatic rings. The Morgan fingerprint density at radius 1 is 0.750 bits per heavy atom. The molecule has 92 heavy (non-hydrogen) atoms. The molecular weight excluding hydrogens is 1250 g/mol. The van der Waals surface area contributed by atoms with E-state index < -0.39 is 88.9 Å². The number of carbonyl (C=O) groups is 5. The van der Waals surface area contributed by atoms with Crippen molar-refractivity contribution in [3.8, 4) is 0 Å². The maximum atomic E-state index is 14.5. The SMILES string of the molecule is CC1(C)CCC(CN2CCN(c3ccc(C(=O)NS(=O)(=O)c4ccc(N[C@H](CCN5CCN(CCCCCNc6ccc7c(c6)C(=O)N(C6CCC(=O)NC6=O)C7=O)CC5)CSc5ccccc5)c(S(=O)(=O)C(F)(F)F)c4)cc3)CC2)=C(C2(CCC(F)F)CCC2)C1. The number of piperazine rings is 2. The molecule has 0 bridgehead atoms. The van der Waals surface area contributed by atoms with E-state index >= 15 is 0 Å². The Morgan fingerprint density at radius 2 is 1.43 bits per heavy atom. The minimum absolute atomic E-state index is 0.0357. The number of nitrogens with zero attached hydrogens (tertiary/aromatic N) is 5. The Bertz CT molecular complexity index is 3610. The number of allylic oxidation sites excluding steroid dienone is 1. The number of unbranched alkanes of at least 4 members (excludes halogenated alkanes) is 2. The highest BCUT2D eigenvalue weighted by Crippen LogP contribution is 2.57. The van der Waals surface area contributed by atoms with Crippen molar-refractivity contribution >= 4 is 78.2 Å². The third kappa shape index (κ3) is 16.4. The Morgan fingerprint density at radius 3 is 2.10 bits per heavy atom. The topological polar surface area (TPSA) is 218 Å². The number of fused-ring (bicyclic) bond motifs is 1. The van der Waals surface area contributed by atoms with Crippen LogP contribution in [0.15, 0.2) is 117 Å². The quantitative estimate of drug-likeness (QED) is 0.0144. The molecule has 10 rings (SSSR count). The van der Waals surface area contributed by atoms with Crippen LogP contribution < -0.4 is 25.6 Å². The van der Waals surface area contributed by atoms with Gasteiger partial charge in [0.15, 0.2) is 0 Å². The molecule has 0 spiro atoms. The number of anilines is 3. The number of amides is 5. The number of halogens is 5. The van der Waals surface area contributed by atoms with Gasteiger partial charge in [-0.25, -0.2) is 30.3 Å². The van der Waals surface area contributed by atoms with Crippen molar-refractivity contribution in [1.29, 1.82) is 0 Å². The van der Waals surface area contributed by atoms with Gasteiger partial charge in [0.25, 0.3) is 37.6 Å². The van der Waals surface area contributed by atoms with Gasteiger partial charge >= 0.3 is 5.51 Å². The summed E-state index contributed by atoms with van der Waals surface area (Å²) in [6, 6.07) is 21.3. The lowest BCUT2D eigenvalue weighted by atomic mass is 9.56. The molecule has 1 unspecified atom stereocenters. The second-order valence-electron chi connectivity index (χ2n) is 26.0. The fourth-order valence-corrected chi connectivity index (χ4v) is 16.6. The van der Waals surface area contributed by atoms with Gasteiger partial charge in [0.05, 0.1) is 21.7 Å². The van der Waals surface area contributed by atoms with E-state index in [9.17, 15) is 62.8 Å². The van der Waals surface area contributed by atoms with Crippen molar-refractivity contribution in [1.82, 2.24) is 29.6 Å². The van der Waals surface area contributed by atoms with E-state index in [-0.39, 0.29) is 46.8 Å². The van der Waals surface area contributed by atoms with Crippen molar-refractivity contribution in [2.24, 2.45) is 10.8 Å². The number of benzene rings is 4. The predicted octanol–water partition coefficient (Wildman–Crippen LogP) is 10.2. The predicted molar refractivity (Wildman–Crippen MR) is 343 cm³/mol. The molecule has 4 fully saturated rings. The van der Waals surface area contributed by atoms with Crippen molar-refractivity contribution in [3.63, 3.8) is 0 Å². The van der Waals surface area contributed by atoms with Crippen LogP contribution >= 0.6 is 11.8 Å². The third-order valence-electron chi connectivity index (χ3n) is 19.1. The van der Waals surface area contributed by atoms with Crippen LogP contribution in [0.2, 0.25) is 0 Å². The van der Waals surface area contributed by atoms with Gasteiger partial charge in [-0.05, 0) is 154 Å². The standard InChI is InChI=1S/C66H82F5N9O9S3/c1-64(2)27-22-46(54(42-64)65(25-9-26-65)28-23-58(67)68)43-78-36-38-79(39-37-78)49-15-12-45(13-16-49)60(82)75-92(88,89)51-17-19-55(57(41-51)91(86,87)66(69,70)71)73-48(44-90-50-10-5-3-6-11-50)24-31-77-34-32-76(33-35-77)30-8-4-7-29-72-47-14-18-52-53(40-47)63(85)80(62(52)84)56-20-21-59(81)74-61(56)83/h3,5-6,10-19,40-41,48,56,58,72-73H,4,7-9,20-39,42-44H2,1-2H3,(H,75,82)(H,74,81,83)/t48-,56?/m1/s1. The maximum absolute atomic E-state index is 14.5. The van der Waals surface area contributed by atoms with Gasteiger partial charge in [-0.3, -0.25) is 39.1 Å². The molecule has 6 aliphatic rings. The number of rotatable bonds is 27. The van der Waals surface area contributed by atoms with Crippen LogP contribution in [0.1, 0.15) is 135 Å². The fraction of sp³-hybridized carbons (Fsp3) is 0.530. The van der Waals surface area contributed by atoms with Crippen LogP contribution in [0.4, 0.5) is 39.0 Å². The summed E-state index contributed by atoms with van der Waals surface area (Å²) in [5.41, 5.74) is -1.62. The van der Waals surface area contributed by atoms with E-state index in [1.165, 1.54) is 35.0 Å². The molecule has 4 N–H and O–H groups in total. The van der Waals surface area contributed by atoms with Crippen LogP contribution in [-0.2, 0) is 29.4 Å². The smallest absolute Gasteiger partial charge is 0.385 e. The van der Waals surface area contributed by atoms with Crippen molar-refractivity contribution in [3.05, 3.63) is 119 Å². The second kappa shape index (κ2) is 29.0. The minimum atomic E-state index is -6.15. The van der Waals surface area contributed by atoms with Crippen LogP contribution in [-0.4, -0.2) is 174 Å². The van der Waals surface area contributed by atoms with Gasteiger partial charge in [0.2, 0.25) is 18.2 Å². The van der Waals surface area contributed by atoms with E-state index in [1.54, 1.807) is 30.3 Å². The Hall–Kier alpha value is -6.45. The molecule has 3 saturated heterocycles. The highest BCUT2D eigenvalue weighted by Gasteiger charge is 2.50. The number of sulfone groups is 1. The zero-order chi connectivity index (χ0) is 65.6. The van der Waals surface area contributed by atoms with Crippen LogP contribution in [0.5, 0.6) is 0 Å². The molecule has 5 amide bonds. The number of sulfonamides is 1. The number of alkyl halides is 5. The van der Waals surface area contributed by atoms with Crippen molar-refractivity contribution in [2.75, 3.05) is 99.8 Å². The molecule has 0 radical (unpaired) electrons. The van der Waals surface area contributed by atoms with E-state index in [0.29, 0.717) is 69.6 Å². The summed E-state index contributed by atoms with van der Waals surface area (Å²) in [6.07, 6.45) is 7.22. The highest BCUT2D eigenvalue weighted by atomic mass is 32.2. The lowest BCUT2D eigenvalue weighted by molar-refractivity contribution is -0.136. The summed E-state index contributed by atoms with van der Waals surface area (Å²) in [4.78, 5) is 72.8. The summed E-state index contributed by atoms with van der Waals surface area (Å²) >= 11 is 1.43. The van der Waals surface area contributed by atoms with Crippen molar-refractivity contribution < 1.29 is 62.8 Å². The average molecular weight is 1340 g/mol. The van der Waals surface area contributed by atoms with E-state index in [0.717, 1.165) is 125 Å². The largest absolute Gasteiger partial charge is 0.501 e.